The molecule has 0 radical (unpaired) electrons. The molecule has 1 aliphatic rings. The predicted octanol–water partition coefficient (Wildman–Crippen LogP) is 2.49. The van der Waals surface area contributed by atoms with E-state index in [1.165, 1.54) is 16.5 Å². The van der Waals surface area contributed by atoms with E-state index in [0.29, 0.717) is 0 Å². The highest BCUT2D eigenvalue weighted by Gasteiger charge is 2.39. The van der Waals surface area contributed by atoms with Gasteiger partial charge >= 0.3 is 0 Å². The second-order valence-electron chi connectivity index (χ2n) is 4.58. The second-order valence-corrected chi connectivity index (χ2v) is 4.58. The number of aromatic nitrogens is 1. The minimum absolute atomic E-state index is 0.0437. The van der Waals surface area contributed by atoms with Crippen molar-refractivity contribution in [1.82, 2.24) is 4.98 Å². The molecule has 0 unspecified atom stereocenters. The quantitative estimate of drug-likeness (QED) is 0.764. The summed E-state index contributed by atoms with van der Waals surface area (Å²) in [6.07, 6.45) is 4.12. The molecule has 76 valence electrons. The van der Waals surface area contributed by atoms with Crippen molar-refractivity contribution >= 4 is 10.9 Å². The molecule has 2 heteroatoms. The van der Waals surface area contributed by atoms with Crippen LogP contribution in [0.5, 0.6) is 0 Å². The molecule has 1 heterocycles. The molecule has 1 aromatic carbocycles. The SMILES string of the molecule is Cc1cnc2ccc(C3(N)CC3)cc2c1. The average molecular weight is 198 g/mol. The molecule has 15 heavy (non-hydrogen) atoms. The number of fused-ring (bicyclic) bond motifs is 1. The Morgan fingerprint density at radius 1 is 1.27 bits per heavy atom. The van der Waals surface area contributed by atoms with Gasteiger partial charge in [-0.25, -0.2) is 0 Å². The number of nitrogens with zero attached hydrogens (tertiary/aromatic N) is 1. The maximum absolute atomic E-state index is 6.18. The molecule has 3 rings (SSSR count). The highest BCUT2D eigenvalue weighted by molar-refractivity contribution is 5.80. The molecule has 1 aromatic heterocycles. The third-order valence-electron chi connectivity index (χ3n) is 3.18. The summed E-state index contributed by atoms with van der Waals surface area (Å²) in [6.45, 7) is 2.06. The van der Waals surface area contributed by atoms with Crippen LogP contribution in [-0.2, 0) is 5.54 Å². The van der Waals surface area contributed by atoms with E-state index in [1.54, 1.807) is 0 Å². The fourth-order valence-corrected chi connectivity index (χ4v) is 1.97. The first-order valence-corrected chi connectivity index (χ1v) is 5.33. The second kappa shape index (κ2) is 2.80. The minimum atomic E-state index is -0.0437. The van der Waals surface area contributed by atoms with Gasteiger partial charge in [-0.1, -0.05) is 6.07 Å². The van der Waals surface area contributed by atoms with Crippen LogP contribution in [0.1, 0.15) is 24.0 Å². The molecule has 0 amide bonds. The van der Waals surface area contributed by atoms with Crippen LogP contribution in [0.2, 0.25) is 0 Å². The van der Waals surface area contributed by atoms with Gasteiger partial charge in [0.25, 0.3) is 0 Å². The molecular formula is C13H14N2. The number of hydrogen-bond donors (Lipinski definition) is 1. The number of rotatable bonds is 1. The first kappa shape index (κ1) is 8.86. The van der Waals surface area contributed by atoms with Gasteiger partial charge in [0.15, 0.2) is 0 Å². The zero-order valence-electron chi connectivity index (χ0n) is 8.83. The van der Waals surface area contributed by atoms with Gasteiger partial charge < -0.3 is 5.73 Å². The molecule has 2 N–H and O–H groups in total. The van der Waals surface area contributed by atoms with Gasteiger partial charge in [-0.3, -0.25) is 4.98 Å². The van der Waals surface area contributed by atoms with Crippen LogP contribution in [0.4, 0.5) is 0 Å². The Kier molecular flexibility index (Phi) is 1.65. The van der Waals surface area contributed by atoms with E-state index in [-0.39, 0.29) is 5.54 Å². The molecule has 0 spiro atoms. The normalized spacial score (nSPS) is 18.0. The lowest BCUT2D eigenvalue weighted by molar-refractivity contribution is 0.741. The smallest absolute Gasteiger partial charge is 0.0702 e. The first-order chi connectivity index (χ1) is 7.17. The lowest BCUT2D eigenvalue weighted by Crippen LogP contribution is -2.18. The Morgan fingerprint density at radius 3 is 2.80 bits per heavy atom. The van der Waals surface area contributed by atoms with Crippen molar-refractivity contribution in [2.45, 2.75) is 25.3 Å². The van der Waals surface area contributed by atoms with Gasteiger partial charge in [-0.05, 0) is 49.1 Å². The summed E-state index contributed by atoms with van der Waals surface area (Å²) < 4.78 is 0. The van der Waals surface area contributed by atoms with Crippen molar-refractivity contribution in [1.29, 1.82) is 0 Å². The van der Waals surface area contributed by atoms with Crippen LogP contribution < -0.4 is 5.73 Å². The Morgan fingerprint density at radius 2 is 2.07 bits per heavy atom. The minimum Gasteiger partial charge on any atom is -0.321 e. The molecule has 0 saturated heterocycles. The van der Waals surface area contributed by atoms with Gasteiger partial charge in [0.05, 0.1) is 5.52 Å². The Bertz CT molecular complexity index is 527. The summed E-state index contributed by atoms with van der Waals surface area (Å²) in [4.78, 5) is 4.38. The van der Waals surface area contributed by atoms with Crippen molar-refractivity contribution in [3.63, 3.8) is 0 Å². The fraction of sp³-hybridized carbons (Fsp3) is 0.308. The van der Waals surface area contributed by atoms with Crippen LogP contribution in [0, 0.1) is 6.92 Å². The van der Waals surface area contributed by atoms with Crippen molar-refractivity contribution in [3.05, 3.63) is 41.6 Å². The van der Waals surface area contributed by atoms with Crippen molar-refractivity contribution in [3.8, 4) is 0 Å². The predicted molar refractivity (Wildman–Crippen MR) is 61.6 cm³/mol. The van der Waals surface area contributed by atoms with Gasteiger partial charge in [0, 0.05) is 17.1 Å². The molecule has 0 atom stereocenters. The van der Waals surface area contributed by atoms with Gasteiger partial charge in [0.2, 0.25) is 0 Å². The van der Waals surface area contributed by atoms with Gasteiger partial charge in [0.1, 0.15) is 0 Å². The molecule has 0 bridgehead atoms. The number of nitrogens with two attached hydrogens (primary N) is 1. The number of hydrogen-bond acceptors (Lipinski definition) is 2. The highest BCUT2D eigenvalue weighted by atomic mass is 14.8. The summed E-state index contributed by atoms with van der Waals surface area (Å²) in [6, 6.07) is 8.52. The number of pyridine rings is 1. The molecule has 2 nitrogen and oxygen atoms in total. The molecule has 0 aliphatic heterocycles. The van der Waals surface area contributed by atoms with Gasteiger partial charge in [-0.15, -0.1) is 0 Å². The van der Waals surface area contributed by atoms with Crippen LogP contribution in [0.3, 0.4) is 0 Å². The maximum Gasteiger partial charge on any atom is 0.0702 e. The van der Waals surface area contributed by atoms with Gasteiger partial charge in [-0.2, -0.15) is 0 Å². The molecule has 2 aromatic rings. The Balaban J connectivity index is 2.20. The Hall–Kier alpha value is -1.41. The van der Waals surface area contributed by atoms with E-state index < -0.39 is 0 Å². The van der Waals surface area contributed by atoms with Crippen molar-refractivity contribution < 1.29 is 0 Å². The fourth-order valence-electron chi connectivity index (χ4n) is 1.97. The van der Waals surface area contributed by atoms with E-state index >= 15 is 0 Å². The first-order valence-electron chi connectivity index (χ1n) is 5.33. The molecule has 1 fully saturated rings. The van der Waals surface area contributed by atoms with E-state index in [2.05, 4.69) is 36.2 Å². The third-order valence-corrected chi connectivity index (χ3v) is 3.18. The van der Waals surface area contributed by atoms with E-state index in [1.807, 2.05) is 6.20 Å². The lowest BCUT2D eigenvalue weighted by atomic mass is 10.0. The third kappa shape index (κ3) is 1.41. The summed E-state index contributed by atoms with van der Waals surface area (Å²) in [5.41, 5.74) is 9.63. The monoisotopic (exact) mass is 198 g/mol. The number of benzene rings is 1. The summed E-state index contributed by atoms with van der Waals surface area (Å²) >= 11 is 0. The van der Waals surface area contributed by atoms with Crippen LogP contribution >= 0.6 is 0 Å². The molecular weight excluding hydrogens is 184 g/mol. The topological polar surface area (TPSA) is 38.9 Å². The standard InChI is InChI=1S/C13H14N2/c1-9-6-10-7-11(13(14)4-5-13)2-3-12(10)15-8-9/h2-3,6-8H,4-5,14H2,1H3. The average Bonchev–Trinajstić information content (AvgIpc) is 2.97. The zero-order valence-corrected chi connectivity index (χ0v) is 8.83. The Labute approximate surface area is 89.1 Å². The molecule has 1 aliphatic carbocycles. The molecule has 1 saturated carbocycles. The summed E-state index contributed by atoms with van der Waals surface area (Å²) in [5.74, 6) is 0. The van der Waals surface area contributed by atoms with E-state index in [4.69, 9.17) is 5.73 Å². The maximum atomic E-state index is 6.18. The lowest BCUT2D eigenvalue weighted by Gasteiger charge is -2.09. The van der Waals surface area contributed by atoms with E-state index in [9.17, 15) is 0 Å². The highest BCUT2D eigenvalue weighted by Crippen LogP contribution is 2.43. The van der Waals surface area contributed by atoms with Crippen LogP contribution in [0.25, 0.3) is 10.9 Å². The summed E-state index contributed by atoms with van der Waals surface area (Å²) in [7, 11) is 0. The summed E-state index contributed by atoms with van der Waals surface area (Å²) in [5, 5.41) is 1.20. The van der Waals surface area contributed by atoms with Crippen molar-refractivity contribution in [2.24, 2.45) is 5.73 Å². The zero-order chi connectivity index (χ0) is 10.5. The van der Waals surface area contributed by atoms with Crippen LogP contribution in [-0.4, -0.2) is 4.98 Å². The van der Waals surface area contributed by atoms with E-state index in [0.717, 1.165) is 18.4 Å². The largest absolute Gasteiger partial charge is 0.321 e. The number of aryl methyl sites for hydroxylation is 1. The van der Waals surface area contributed by atoms with Crippen molar-refractivity contribution in [2.75, 3.05) is 0 Å². The van der Waals surface area contributed by atoms with Crippen LogP contribution in [0.15, 0.2) is 30.5 Å².